The van der Waals surface area contributed by atoms with Crippen LogP contribution in [-0.4, -0.2) is 73.9 Å². The average molecular weight is 398 g/mol. The van der Waals surface area contributed by atoms with Crippen molar-refractivity contribution in [1.82, 2.24) is 0 Å². The van der Waals surface area contributed by atoms with E-state index in [1.165, 1.54) is 6.92 Å². The molecule has 0 amide bonds. The summed E-state index contributed by atoms with van der Waals surface area (Å²) in [4.78, 5) is 32.8. The van der Waals surface area contributed by atoms with Gasteiger partial charge in [0.2, 0.25) is 0 Å². The lowest BCUT2D eigenvalue weighted by Crippen LogP contribution is -2.37. The van der Waals surface area contributed by atoms with E-state index in [9.17, 15) is 19.0 Å². The number of carbonyl (C=O) groups excluding carboxylic acids is 1. The van der Waals surface area contributed by atoms with E-state index in [1.807, 2.05) is 21.1 Å². The molecule has 0 aliphatic carbocycles. The van der Waals surface area contributed by atoms with Crippen LogP contribution in [0, 0.1) is 11.3 Å². The first kappa shape index (κ1) is 25.0. The third-order valence-electron chi connectivity index (χ3n) is 4.04. The molecule has 0 heterocycles. The number of likely N-dealkylation sites (N-methyl/N-ethyl adjacent to an activating group) is 1. The van der Waals surface area contributed by atoms with E-state index in [2.05, 4.69) is 0 Å². The Morgan fingerprint density at radius 3 is 2.15 bits per heavy atom. The van der Waals surface area contributed by atoms with Gasteiger partial charge in [-0.25, -0.2) is 4.57 Å². The van der Waals surface area contributed by atoms with E-state index in [4.69, 9.17) is 18.9 Å². The highest BCUT2D eigenvalue weighted by Gasteiger charge is 2.36. The molecular weight excluding hydrogens is 365 g/mol. The van der Waals surface area contributed by atoms with Gasteiger partial charge < -0.3 is 19.2 Å². The van der Waals surface area contributed by atoms with Gasteiger partial charge >= 0.3 is 19.8 Å². The second kappa shape index (κ2) is 10.4. The fourth-order valence-electron chi connectivity index (χ4n) is 2.06. The van der Waals surface area contributed by atoms with Gasteiger partial charge in [0.1, 0.15) is 19.8 Å². The van der Waals surface area contributed by atoms with Crippen molar-refractivity contribution in [3.8, 4) is 0 Å². The molecule has 26 heavy (non-hydrogen) atoms. The SMILES string of the molecule is CCC(C)(CC(C)C(=O)O)C(=O)OCCOP(=O)(O)OCC[N+](C)(C)C. The zero-order valence-corrected chi connectivity index (χ0v) is 17.5. The Labute approximate surface area is 155 Å². The van der Waals surface area contributed by atoms with Crippen molar-refractivity contribution >= 4 is 19.8 Å². The summed E-state index contributed by atoms with van der Waals surface area (Å²) < 4.78 is 27.0. The molecule has 0 bridgehead atoms. The molecule has 0 aromatic heterocycles. The highest BCUT2D eigenvalue weighted by Crippen LogP contribution is 2.42. The van der Waals surface area contributed by atoms with Crippen LogP contribution in [-0.2, 0) is 27.9 Å². The molecule has 3 atom stereocenters. The average Bonchev–Trinajstić information content (AvgIpc) is 2.49. The molecule has 0 spiro atoms. The first-order valence-electron chi connectivity index (χ1n) is 8.55. The Kier molecular flexibility index (Phi) is 9.98. The number of phosphoric ester groups is 1. The van der Waals surface area contributed by atoms with Gasteiger partial charge in [-0.2, -0.15) is 0 Å². The van der Waals surface area contributed by atoms with Crippen LogP contribution in [0.5, 0.6) is 0 Å². The lowest BCUT2D eigenvalue weighted by molar-refractivity contribution is -0.870. The van der Waals surface area contributed by atoms with Gasteiger partial charge in [0.15, 0.2) is 0 Å². The van der Waals surface area contributed by atoms with Crippen molar-refractivity contribution in [3.63, 3.8) is 0 Å². The maximum absolute atomic E-state index is 12.2. The third kappa shape index (κ3) is 10.2. The summed E-state index contributed by atoms with van der Waals surface area (Å²) in [6.07, 6.45) is 0.558. The number of esters is 1. The van der Waals surface area contributed by atoms with Crippen LogP contribution in [0.4, 0.5) is 0 Å². The van der Waals surface area contributed by atoms with Gasteiger partial charge in [-0.15, -0.1) is 0 Å². The lowest BCUT2D eigenvalue weighted by atomic mass is 9.79. The number of nitrogens with zero attached hydrogens (tertiary/aromatic N) is 1. The fraction of sp³-hybridized carbons (Fsp3) is 0.875. The minimum atomic E-state index is -4.20. The molecule has 0 saturated heterocycles. The van der Waals surface area contributed by atoms with Gasteiger partial charge in [-0.3, -0.25) is 18.6 Å². The van der Waals surface area contributed by atoms with E-state index >= 15 is 0 Å². The zero-order valence-electron chi connectivity index (χ0n) is 16.6. The number of carboxylic acids is 1. The molecule has 0 radical (unpaired) electrons. The van der Waals surface area contributed by atoms with Gasteiger partial charge in [0, 0.05) is 0 Å². The Bertz CT molecular complexity index is 519. The van der Waals surface area contributed by atoms with Crippen LogP contribution in [0.2, 0.25) is 0 Å². The predicted molar refractivity (Wildman–Crippen MR) is 95.4 cm³/mol. The summed E-state index contributed by atoms with van der Waals surface area (Å²) in [6.45, 7) is 5.01. The molecule has 0 saturated carbocycles. The number of hydrogen-bond donors (Lipinski definition) is 2. The minimum absolute atomic E-state index is 0.0536. The molecule has 0 aromatic carbocycles. The second-order valence-corrected chi connectivity index (χ2v) is 9.10. The Hall–Kier alpha value is -0.990. The highest BCUT2D eigenvalue weighted by atomic mass is 31.2. The molecule has 0 rings (SSSR count). The molecule has 9 nitrogen and oxygen atoms in total. The van der Waals surface area contributed by atoms with Crippen LogP contribution < -0.4 is 0 Å². The summed E-state index contributed by atoms with van der Waals surface area (Å²) in [5.41, 5.74) is -0.943. The van der Waals surface area contributed by atoms with Crippen LogP contribution in [0.3, 0.4) is 0 Å². The number of quaternary nitrogens is 1. The summed E-state index contributed by atoms with van der Waals surface area (Å²) in [7, 11) is 1.55. The molecule has 2 N–H and O–H groups in total. The number of carboxylic acid groups (broad SMARTS) is 1. The van der Waals surface area contributed by atoms with Crippen molar-refractivity contribution in [3.05, 3.63) is 0 Å². The van der Waals surface area contributed by atoms with E-state index < -0.39 is 31.1 Å². The van der Waals surface area contributed by atoms with Crippen molar-refractivity contribution in [2.45, 2.75) is 33.6 Å². The molecule has 3 unspecified atom stereocenters. The van der Waals surface area contributed by atoms with Gasteiger partial charge in [-0.05, 0) is 19.8 Å². The third-order valence-corrected chi connectivity index (χ3v) is 5.06. The number of hydrogen-bond acceptors (Lipinski definition) is 6. The first-order chi connectivity index (χ1) is 11.7. The number of rotatable bonds is 13. The van der Waals surface area contributed by atoms with Crippen LogP contribution in [0.1, 0.15) is 33.6 Å². The summed E-state index contributed by atoms with van der Waals surface area (Å²) >= 11 is 0. The lowest BCUT2D eigenvalue weighted by Gasteiger charge is -2.27. The van der Waals surface area contributed by atoms with Crippen molar-refractivity contribution < 1.29 is 42.4 Å². The zero-order chi connectivity index (χ0) is 20.6. The smallest absolute Gasteiger partial charge is 0.472 e. The number of carbonyl (C=O) groups is 2. The molecule has 0 aliphatic heterocycles. The van der Waals surface area contributed by atoms with E-state index in [1.54, 1.807) is 13.8 Å². The monoisotopic (exact) mass is 398 g/mol. The van der Waals surface area contributed by atoms with Gasteiger partial charge in [-0.1, -0.05) is 13.8 Å². The largest absolute Gasteiger partial charge is 0.481 e. The second-order valence-electron chi connectivity index (χ2n) is 7.64. The summed E-state index contributed by atoms with van der Waals surface area (Å²) in [5.74, 6) is -2.22. The Balaban J connectivity index is 4.34. The normalized spacial score (nSPS) is 17.8. The molecule has 0 aliphatic rings. The molecule has 10 heteroatoms. The van der Waals surface area contributed by atoms with Crippen LogP contribution >= 0.6 is 7.82 Å². The number of aliphatic carboxylic acids is 1. The first-order valence-corrected chi connectivity index (χ1v) is 10.0. The maximum atomic E-state index is 12.2. The summed E-state index contributed by atoms with van der Waals surface area (Å²) in [6, 6.07) is 0. The quantitative estimate of drug-likeness (QED) is 0.209. The molecular formula is C16H33NO8P+. The number of ether oxygens (including phenoxy) is 1. The van der Waals surface area contributed by atoms with Crippen molar-refractivity contribution in [1.29, 1.82) is 0 Å². The standard InChI is InChI=1S/C16H32NO8P/c1-7-16(3,12-13(2)14(18)19)15(20)23-10-11-25-26(21,22)24-9-8-17(4,5)6/h13H,7-12H2,1-6H3,(H-,18,19,21,22)/p+1. The highest BCUT2D eigenvalue weighted by molar-refractivity contribution is 7.47. The predicted octanol–water partition coefficient (Wildman–Crippen LogP) is 1.90. The van der Waals surface area contributed by atoms with E-state index in [-0.39, 0.29) is 26.2 Å². The van der Waals surface area contributed by atoms with Crippen LogP contribution in [0.15, 0.2) is 0 Å². The molecule has 0 fully saturated rings. The minimum Gasteiger partial charge on any atom is -0.481 e. The topological polar surface area (TPSA) is 119 Å². The number of phosphoric acid groups is 1. The molecule has 0 aromatic rings. The maximum Gasteiger partial charge on any atom is 0.472 e. The van der Waals surface area contributed by atoms with Crippen LogP contribution in [0.25, 0.3) is 0 Å². The van der Waals surface area contributed by atoms with E-state index in [0.717, 1.165) is 0 Å². The van der Waals surface area contributed by atoms with Crippen molar-refractivity contribution in [2.24, 2.45) is 11.3 Å². The van der Waals surface area contributed by atoms with Gasteiger partial charge in [0.25, 0.3) is 0 Å². The van der Waals surface area contributed by atoms with Crippen molar-refractivity contribution in [2.75, 3.05) is 47.5 Å². The molecule has 154 valence electrons. The fourth-order valence-corrected chi connectivity index (χ4v) is 2.76. The van der Waals surface area contributed by atoms with E-state index in [0.29, 0.717) is 17.4 Å². The Morgan fingerprint density at radius 1 is 1.15 bits per heavy atom. The van der Waals surface area contributed by atoms with Gasteiger partial charge in [0.05, 0.1) is 39.1 Å². The summed E-state index contributed by atoms with van der Waals surface area (Å²) in [5, 5.41) is 9.00. The Morgan fingerprint density at radius 2 is 1.69 bits per heavy atom.